The maximum Gasteiger partial charge on any atom is 0.255 e. The number of aryl methyl sites for hydroxylation is 1. The van der Waals surface area contributed by atoms with E-state index in [1.165, 1.54) is 5.69 Å². The predicted octanol–water partition coefficient (Wildman–Crippen LogP) is 1.52. The van der Waals surface area contributed by atoms with E-state index in [-0.39, 0.29) is 5.56 Å². The topological polar surface area (TPSA) is 79.2 Å². The van der Waals surface area contributed by atoms with Gasteiger partial charge in [-0.15, -0.1) is 0 Å². The molecule has 2 aromatic rings. The van der Waals surface area contributed by atoms with Crippen molar-refractivity contribution < 1.29 is 0 Å². The van der Waals surface area contributed by atoms with E-state index >= 15 is 0 Å². The Morgan fingerprint density at radius 3 is 3.00 bits per heavy atom. The largest absolute Gasteiger partial charge is 0.305 e. The summed E-state index contributed by atoms with van der Waals surface area (Å²) in [4.78, 5) is 27.1. The van der Waals surface area contributed by atoms with Gasteiger partial charge in [0.05, 0.1) is 22.7 Å². The van der Waals surface area contributed by atoms with Gasteiger partial charge in [0.25, 0.3) is 5.56 Å². The molecule has 0 unspecified atom stereocenters. The Balaban J connectivity index is 1.55. The average Bonchev–Trinajstić information content (AvgIpc) is 3.10. The standard InChI is InChI=1S/C18H24N6O/c1-2-24-13(6-9-20-24)11-23-10-7-15-14(12-23)18(25)22-17(21-15)16-5-3-4-8-19-16/h6,9H,2-5,7-8,10-12H2,1H3,(H,21,22,25). The summed E-state index contributed by atoms with van der Waals surface area (Å²) in [5.74, 6) is 0.681. The Morgan fingerprint density at radius 2 is 2.20 bits per heavy atom. The van der Waals surface area contributed by atoms with E-state index in [1.807, 2.05) is 16.9 Å². The van der Waals surface area contributed by atoms with Crippen molar-refractivity contribution in [2.24, 2.45) is 4.99 Å². The summed E-state index contributed by atoms with van der Waals surface area (Å²) in [5, 5.41) is 4.32. The highest BCUT2D eigenvalue weighted by atomic mass is 16.1. The third kappa shape index (κ3) is 3.28. The van der Waals surface area contributed by atoms with Gasteiger partial charge < -0.3 is 4.98 Å². The molecule has 0 aliphatic carbocycles. The van der Waals surface area contributed by atoms with E-state index in [1.54, 1.807) is 0 Å². The van der Waals surface area contributed by atoms with Crippen LogP contribution in [-0.4, -0.2) is 43.4 Å². The lowest BCUT2D eigenvalue weighted by Gasteiger charge is -2.28. The van der Waals surface area contributed by atoms with Crippen molar-refractivity contribution in [2.75, 3.05) is 13.1 Å². The second kappa shape index (κ2) is 6.92. The molecule has 0 saturated heterocycles. The third-order valence-corrected chi connectivity index (χ3v) is 5.04. The zero-order valence-electron chi connectivity index (χ0n) is 14.7. The quantitative estimate of drug-likeness (QED) is 0.915. The fraction of sp³-hybridized carbons (Fsp3) is 0.556. The second-order valence-electron chi connectivity index (χ2n) is 6.72. The lowest BCUT2D eigenvalue weighted by Crippen LogP contribution is -2.36. The van der Waals surface area contributed by atoms with Crippen LogP contribution in [0.25, 0.3) is 0 Å². The van der Waals surface area contributed by atoms with Crippen molar-refractivity contribution in [1.82, 2.24) is 24.6 Å². The molecule has 25 heavy (non-hydrogen) atoms. The zero-order valence-corrected chi connectivity index (χ0v) is 14.7. The summed E-state index contributed by atoms with van der Waals surface area (Å²) in [6, 6.07) is 2.05. The van der Waals surface area contributed by atoms with Gasteiger partial charge in [-0.25, -0.2) is 4.98 Å². The van der Waals surface area contributed by atoms with Crippen LogP contribution in [0.3, 0.4) is 0 Å². The summed E-state index contributed by atoms with van der Waals surface area (Å²) in [6.45, 7) is 6.15. The molecule has 1 N–H and O–H groups in total. The summed E-state index contributed by atoms with van der Waals surface area (Å²) >= 11 is 0. The van der Waals surface area contributed by atoms with Gasteiger partial charge in [0.2, 0.25) is 0 Å². The van der Waals surface area contributed by atoms with Gasteiger partial charge in [-0.3, -0.25) is 19.4 Å². The van der Waals surface area contributed by atoms with Gasteiger partial charge >= 0.3 is 0 Å². The minimum atomic E-state index is -0.0121. The van der Waals surface area contributed by atoms with E-state index in [4.69, 9.17) is 4.98 Å². The predicted molar refractivity (Wildman–Crippen MR) is 95.8 cm³/mol. The van der Waals surface area contributed by atoms with E-state index in [0.29, 0.717) is 12.4 Å². The number of hydrogen-bond donors (Lipinski definition) is 1. The molecule has 4 rings (SSSR count). The number of H-pyrrole nitrogens is 1. The molecule has 0 radical (unpaired) electrons. The fourth-order valence-electron chi connectivity index (χ4n) is 3.65. The number of aliphatic imine (C=N–C) groups is 1. The maximum absolute atomic E-state index is 12.6. The smallest absolute Gasteiger partial charge is 0.255 e. The Bertz CT molecular complexity index is 849. The lowest BCUT2D eigenvalue weighted by molar-refractivity contribution is 0.234. The van der Waals surface area contributed by atoms with Crippen LogP contribution in [0.1, 0.15) is 49.0 Å². The molecule has 0 atom stereocenters. The van der Waals surface area contributed by atoms with Crippen LogP contribution in [0, 0.1) is 0 Å². The molecule has 0 bridgehead atoms. The van der Waals surface area contributed by atoms with Crippen LogP contribution in [0.5, 0.6) is 0 Å². The SMILES string of the molecule is CCn1nccc1CN1CCc2nc(C3=NCCCC3)[nH]c(=O)c2C1. The Hall–Kier alpha value is -2.28. The Labute approximate surface area is 146 Å². The highest BCUT2D eigenvalue weighted by Crippen LogP contribution is 2.18. The van der Waals surface area contributed by atoms with Crippen LogP contribution in [0.15, 0.2) is 22.1 Å². The zero-order chi connectivity index (χ0) is 17.2. The van der Waals surface area contributed by atoms with Crippen LogP contribution in [0.4, 0.5) is 0 Å². The number of aromatic nitrogens is 4. The van der Waals surface area contributed by atoms with Crippen molar-refractivity contribution in [3.8, 4) is 0 Å². The molecular weight excluding hydrogens is 316 g/mol. The van der Waals surface area contributed by atoms with Gasteiger partial charge in [0.1, 0.15) is 0 Å². The molecule has 0 amide bonds. The fourth-order valence-corrected chi connectivity index (χ4v) is 3.65. The van der Waals surface area contributed by atoms with Crippen LogP contribution < -0.4 is 5.56 Å². The van der Waals surface area contributed by atoms with Gasteiger partial charge in [0, 0.05) is 45.3 Å². The number of fused-ring (bicyclic) bond motifs is 1. The number of hydrogen-bond acceptors (Lipinski definition) is 5. The number of rotatable bonds is 4. The first-order valence-electron chi connectivity index (χ1n) is 9.13. The highest BCUT2D eigenvalue weighted by Gasteiger charge is 2.23. The highest BCUT2D eigenvalue weighted by molar-refractivity contribution is 5.97. The van der Waals surface area contributed by atoms with Crippen LogP contribution in [0.2, 0.25) is 0 Å². The molecule has 0 saturated carbocycles. The number of aromatic amines is 1. The average molecular weight is 340 g/mol. The number of nitrogens with zero attached hydrogens (tertiary/aromatic N) is 5. The maximum atomic E-state index is 12.6. The van der Waals surface area contributed by atoms with E-state index < -0.39 is 0 Å². The summed E-state index contributed by atoms with van der Waals surface area (Å²) in [7, 11) is 0. The van der Waals surface area contributed by atoms with Gasteiger partial charge in [-0.05, 0) is 32.3 Å². The minimum absolute atomic E-state index is 0.0121. The van der Waals surface area contributed by atoms with Gasteiger partial charge in [-0.1, -0.05) is 0 Å². The second-order valence-corrected chi connectivity index (χ2v) is 6.72. The molecule has 0 spiro atoms. The molecule has 2 aliphatic heterocycles. The molecule has 7 nitrogen and oxygen atoms in total. The van der Waals surface area contributed by atoms with Gasteiger partial charge in [0.15, 0.2) is 5.82 Å². The van der Waals surface area contributed by atoms with Crippen molar-refractivity contribution in [1.29, 1.82) is 0 Å². The summed E-state index contributed by atoms with van der Waals surface area (Å²) in [6.07, 6.45) is 5.80. The lowest BCUT2D eigenvalue weighted by atomic mass is 10.0. The Morgan fingerprint density at radius 1 is 1.28 bits per heavy atom. The van der Waals surface area contributed by atoms with Crippen LogP contribution >= 0.6 is 0 Å². The molecular formula is C18H24N6O. The first-order valence-corrected chi connectivity index (χ1v) is 9.13. The molecule has 0 aromatic carbocycles. The van der Waals surface area contributed by atoms with Crippen molar-refractivity contribution in [2.45, 2.75) is 52.2 Å². The molecule has 0 fully saturated rings. The number of nitrogens with one attached hydrogen (secondary N) is 1. The minimum Gasteiger partial charge on any atom is -0.305 e. The molecule has 7 heteroatoms. The summed E-state index contributed by atoms with van der Waals surface area (Å²) < 4.78 is 2.00. The first-order chi connectivity index (χ1) is 12.2. The Kier molecular flexibility index (Phi) is 4.48. The molecule has 4 heterocycles. The van der Waals surface area contributed by atoms with Crippen molar-refractivity contribution in [3.05, 3.63) is 45.4 Å². The van der Waals surface area contributed by atoms with E-state index in [2.05, 4.69) is 26.9 Å². The molecule has 132 valence electrons. The van der Waals surface area contributed by atoms with E-state index in [9.17, 15) is 4.79 Å². The van der Waals surface area contributed by atoms with Gasteiger partial charge in [-0.2, -0.15) is 5.10 Å². The normalized spacial score (nSPS) is 18.0. The molecule has 2 aromatic heterocycles. The first kappa shape index (κ1) is 16.2. The third-order valence-electron chi connectivity index (χ3n) is 5.04. The van der Waals surface area contributed by atoms with Crippen molar-refractivity contribution >= 4 is 5.71 Å². The monoisotopic (exact) mass is 340 g/mol. The van der Waals surface area contributed by atoms with Crippen molar-refractivity contribution in [3.63, 3.8) is 0 Å². The summed E-state index contributed by atoms with van der Waals surface area (Å²) in [5.41, 5.74) is 3.87. The van der Waals surface area contributed by atoms with E-state index in [0.717, 1.165) is 68.8 Å². The van der Waals surface area contributed by atoms with Crippen LogP contribution in [-0.2, 0) is 26.1 Å². The molecule has 2 aliphatic rings.